The summed E-state index contributed by atoms with van der Waals surface area (Å²) in [6.45, 7) is 5.33. The second kappa shape index (κ2) is 9.28. The van der Waals surface area contributed by atoms with E-state index in [1.165, 1.54) is 18.4 Å². The molecule has 0 unspecified atom stereocenters. The topological polar surface area (TPSA) is 55.9 Å². The lowest BCUT2D eigenvalue weighted by Crippen LogP contribution is -2.51. The lowest BCUT2D eigenvalue weighted by Gasteiger charge is -2.36. The fourth-order valence-corrected chi connectivity index (χ4v) is 5.09. The number of benzene rings is 1. The second-order valence-corrected chi connectivity index (χ2v) is 9.25. The lowest BCUT2D eigenvalue weighted by atomic mass is 9.98. The number of nitrogens with one attached hydrogen (secondary N) is 1. The molecule has 1 aromatic carbocycles. The molecule has 6 nitrogen and oxygen atoms in total. The zero-order valence-corrected chi connectivity index (χ0v) is 16.6. The van der Waals surface area contributed by atoms with E-state index in [2.05, 4.69) is 38.8 Å². The average molecular weight is 381 g/mol. The molecule has 0 aliphatic carbocycles. The zero-order chi connectivity index (χ0) is 18.4. The van der Waals surface area contributed by atoms with Crippen LogP contribution in [0.25, 0.3) is 0 Å². The van der Waals surface area contributed by atoms with Crippen molar-refractivity contribution in [3.63, 3.8) is 0 Å². The van der Waals surface area contributed by atoms with Crippen molar-refractivity contribution >= 4 is 10.2 Å². The number of piperazine rings is 1. The minimum atomic E-state index is -3.35. The van der Waals surface area contributed by atoms with Gasteiger partial charge in [-0.3, -0.25) is 4.90 Å². The molecule has 0 spiro atoms. The third kappa shape index (κ3) is 5.50. The van der Waals surface area contributed by atoms with Crippen LogP contribution in [0.1, 0.15) is 31.2 Å². The smallest absolute Gasteiger partial charge is 0.279 e. The number of piperidine rings is 1. The van der Waals surface area contributed by atoms with Gasteiger partial charge in [0.15, 0.2) is 0 Å². The summed E-state index contributed by atoms with van der Waals surface area (Å²) in [6, 6.07) is 11.0. The number of hydrogen-bond donors (Lipinski definition) is 1. The summed E-state index contributed by atoms with van der Waals surface area (Å²) in [4.78, 5) is 4.68. The van der Waals surface area contributed by atoms with Crippen LogP contribution in [-0.4, -0.2) is 74.9 Å². The molecule has 0 amide bonds. The van der Waals surface area contributed by atoms with Crippen molar-refractivity contribution in [3.05, 3.63) is 35.9 Å². The van der Waals surface area contributed by atoms with Crippen LogP contribution < -0.4 is 4.72 Å². The molecule has 3 rings (SSSR count). The van der Waals surface area contributed by atoms with Gasteiger partial charge in [0.1, 0.15) is 0 Å². The molecular formula is C19H32N4O2S. The molecule has 0 aromatic heterocycles. The lowest BCUT2D eigenvalue weighted by molar-refractivity contribution is 0.133. The first-order chi connectivity index (χ1) is 12.5. The van der Waals surface area contributed by atoms with Crippen LogP contribution in [0.4, 0.5) is 0 Å². The van der Waals surface area contributed by atoms with Crippen molar-refractivity contribution in [1.82, 2.24) is 18.8 Å². The molecule has 0 saturated carbocycles. The van der Waals surface area contributed by atoms with Crippen LogP contribution in [0.5, 0.6) is 0 Å². The highest BCUT2D eigenvalue weighted by Gasteiger charge is 2.27. The molecule has 1 N–H and O–H groups in total. The summed E-state index contributed by atoms with van der Waals surface area (Å²) in [7, 11) is -1.32. The van der Waals surface area contributed by atoms with E-state index in [0.717, 1.165) is 39.0 Å². The molecule has 2 fully saturated rings. The van der Waals surface area contributed by atoms with E-state index in [-0.39, 0.29) is 0 Å². The van der Waals surface area contributed by atoms with E-state index in [9.17, 15) is 8.42 Å². The summed E-state index contributed by atoms with van der Waals surface area (Å²) < 4.78 is 29.4. The Hall–Kier alpha value is -0.990. The maximum atomic E-state index is 12.5. The standard InChI is InChI=1S/C19H32N4O2S/c1-21-13-15-23(16-14-21)26(24,25)20-11-10-19-9-5-6-12-22(19)17-18-7-3-2-4-8-18/h2-4,7-8,19-20H,5-6,9-17H2,1H3/t19-/m0/s1. The van der Waals surface area contributed by atoms with Gasteiger partial charge in [0.2, 0.25) is 0 Å². The highest BCUT2D eigenvalue weighted by molar-refractivity contribution is 7.87. The molecule has 0 radical (unpaired) electrons. The van der Waals surface area contributed by atoms with E-state index in [0.29, 0.717) is 25.7 Å². The van der Waals surface area contributed by atoms with E-state index in [1.807, 2.05) is 13.1 Å². The van der Waals surface area contributed by atoms with Crippen LogP contribution in [-0.2, 0) is 16.8 Å². The highest BCUT2D eigenvalue weighted by atomic mass is 32.2. The zero-order valence-electron chi connectivity index (χ0n) is 15.8. The van der Waals surface area contributed by atoms with Gasteiger partial charge in [0, 0.05) is 45.3 Å². The van der Waals surface area contributed by atoms with Gasteiger partial charge in [-0.05, 0) is 38.4 Å². The SMILES string of the molecule is CN1CCN(S(=O)(=O)NCC[C@@H]2CCCCN2Cc2ccccc2)CC1. The first-order valence-electron chi connectivity index (χ1n) is 9.76. The molecule has 2 aliphatic rings. The Morgan fingerprint density at radius 2 is 1.77 bits per heavy atom. The molecule has 146 valence electrons. The maximum Gasteiger partial charge on any atom is 0.279 e. The molecule has 2 aliphatic heterocycles. The number of likely N-dealkylation sites (N-methyl/N-ethyl adjacent to an activating group) is 1. The predicted octanol–water partition coefficient (Wildman–Crippen LogP) is 1.51. The average Bonchev–Trinajstić information content (AvgIpc) is 2.64. The Bertz CT molecular complexity index is 645. The Balaban J connectivity index is 1.49. The van der Waals surface area contributed by atoms with Crippen LogP contribution >= 0.6 is 0 Å². The van der Waals surface area contributed by atoms with Crippen molar-refractivity contribution in [1.29, 1.82) is 0 Å². The van der Waals surface area contributed by atoms with E-state index in [4.69, 9.17) is 0 Å². The maximum absolute atomic E-state index is 12.5. The first kappa shape index (κ1) is 19.8. The number of rotatable bonds is 7. The van der Waals surface area contributed by atoms with Crippen molar-refractivity contribution in [2.24, 2.45) is 0 Å². The van der Waals surface area contributed by atoms with Crippen LogP contribution in [0.2, 0.25) is 0 Å². The summed E-state index contributed by atoms with van der Waals surface area (Å²) in [5, 5.41) is 0. The minimum Gasteiger partial charge on any atom is -0.304 e. The molecule has 2 saturated heterocycles. The molecule has 1 atom stereocenters. The third-order valence-electron chi connectivity index (χ3n) is 5.54. The van der Waals surface area contributed by atoms with Crippen molar-refractivity contribution in [2.45, 2.75) is 38.3 Å². The van der Waals surface area contributed by atoms with E-state index < -0.39 is 10.2 Å². The fraction of sp³-hybridized carbons (Fsp3) is 0.684. The Kier molecular flexibility index (Phi) is 7.05. The number of hydrogen-bond acceptors (Lipinski definition) is 4. The normalized spacial score (nSPS) is 24.0. The van der Waals surface area contributed by atoms with Gasteiger partial charge in [0.05, 0.1) is 0 Å². The van der Waals surface area contributed by atoms with Crippen molar-refractivity contribution < 1.29 is 8.42 Å². The van der Waals surface area contributed by atoms with E-state index in [1.54, 1.807) is 4.31 Å². The van der Waals surface area contributed by atoms with Crippen LogP contribution in [0.15, 0.2) is 30.3 Å². The monoisotopic (exact) mass is 380 g/mol. The molecule has 1 aromatic rings. The van der Waals surface area contributed by atoms with Crippen molar-refractivity contribution in [2.75, 3.05) is 46.3 Å². The summed E-state index contributed by atoms with van der Waals surface area (Å²) >= 11 is 0. The molecule has 26 heavy (non-hydrogen) atoms. The van der Waals surface area contributed by atoms with Gasteiger partial charge >= 0.3 is 0 Å². The molecule has 7 heteroatoms. The van der Waals surface area contributed by atoms with Gasteiger partial charge in [-0.1, -0.05) is 36.8 Å². The number of nitrogens with zero attached hydrogens (tertiary/aromatic N) is 3. The summed E-state index contributed by atoms with van der Waals surface area (Å²) in [5.74, 6) is 0. The summed E-state index contributed by atoms with van der Waals surface area (Å²) in [5.41, 5.74) is 1.33. The third-order valence-corrected chi connectivity index (χ3v) is 7.16. The van der Waals surface area contributed by atoms with Gasteiger partial charge in [-0.15, -0.1) is 0 Å². The molecule has 2 heterocycles. The fourth-order valence-electron chi connectivity index (χ4n) is 3.89. The molecule has 0 bridgehead atoms. The van der Waals surface area contributed by atoms with Crippen LogP contribution in [0, 0.1) is 0 Å². The Labute approximate surface area is 158 Å². The van der Waals surface area contributed by atoms with Gasteiger partial charge in [-0.2, -0.15) is 12.7 Å². The largest absolute Gasteiger partial charge is 0.304 e. The first-order valence-corrected chi connectivity index (χ1v) is 11.2. The Morgan fingerprint density at radius 1 is 1.04 bits per heavy atom. The van der Waals surface area contributed by atoms with Crippen LogP contribution in [0.3, 0.4) is 0 Å². The second-order valence-electron chi connectivity index (χ2n) is 7.50. The van der Waals surface area contributed by atoms with Gasteiger partial charge in [0.25, 0.3) is 10.2 Å². The summed E-state index contributed by atoms with van der Waals surface area (Å²) in [6.07, 6.45) is 4.50. The highest BCUT2D eigenvalue weighted by Crippen LogP contribution is 2.21. The van der Waals surface area contributed by atoms with Gasteiger partial charge < -0.3 is 4.90 Å². The Morgan fingerprint density at radius 3 is 2.50 bits per heavy atom. The number of likely N-dealkylation sites (tertiary alicyclic amines) is 1. The van der Waals surface area contributed by atoms with Gasteiger partial charge in [-0.25, -0.2) is 4.72 Å². The van der Waals surface area contributed by atoms with Crippen molar-refractivity contribution in [3.8, 4) is 0 Å². The quantitative estimate of drug-likeness (QED) is 0.779. The van der Waals surface area contributed by atoms with E-state index >= 15 is 0 Å². The minimum absolute atomic E-state index is 0.458. The molecular weight excluding hydrogens is 348 g/mol. The predicted molar refractivity (Wildman–Crippen MR) is 105 cm³/mol.